The number of hydrogen-bond acceptors (Lipinski definition) is 7. The van der Waals surface area contributed by atoms with Gasteiger partial charge in [-0.1, -0.05) is 31.4 Å². The lowest BCUT2D eigenvalue weighted by atomic mass is 9.89. The van der Waals surface area contributed by atoms with E-state index in [1.54, 1.807) is 6.07 Å². The van der Waals surface area contributed by atoms with Gasteiger partial charge >= 0.3 is 0 Å². The predicted octanol–water partition coefficient (Wildman–Crippen LogP) is 4.30. The van der Waals surface area contributed by atoms with Crippen LogP contribution in [0.5, 0.6) is 11.5 Å². The van der Waals surface area contributed by atoms with Crippen LogP contribution >= 0.6 is 0 Å². The molecule has 0 unspecified atom stereocenters. The molecule has 0 amide bonds. The predicted molar refractivity (Wildman–Crippen MR) is 161 cm³/mol. The van der Waals surface area contributed by atoms with E-state index in [1.165, 1.54) is 5.57 Å². The Morgan fingerprint density at radius 3 is 2.73 bits per heavy atom. The molecule has 8 heteroatoms. The molecule has 1 aromatic carbocycles. The van der Waals surface area contributed by atoms with Gasteiger partial charge in [-0.25, -0.2) is 0 Å². The van der Waals surface area contributed by atoms with E-state index in [0.717, 1.165) is 62.6 Å². The van der Waals surface area contributed by atoms with Gasteiger partial charge in [0.15, 0.2) is 11.5 Å². The molecule has 226 valence electrons. The first-order valence-electron chi connectivity index (χ1n) is 15.4. The van der Waals surface area contributed by atoms with Gasteiger partial charge in [0.2, 0.25) is 0 Å². The van der Waals surface area contributed by atoms with Crippen molar-refractivity contribution >= 4 is 0 Å². The molecule has 2 aliphatic rings. The zero-order valence-electron chi connectivity index (χ0n) is 24.2. The number of dihydropyridines is 1. The third-order valence-corrected chi connectivity index (χ3v) is 8.81. The first-order valence-corrected chi connectivity index (χ1v) is 15.4. The van der Waals surface area contributed by atoms with E-state index in [9.17, 15) is 20.4 Å². The van der Waals surface area contributed by atoms with Crippen LogP contribution in [0.15, 0.2) is 60.1 Å². The van der Waals surface area contributed by atoms with Gasteiger partial charge in [-0.3, -0.25) is 0 Å². The van der Waals surface area contributed by atoms with E-state index < -0.39 is 12.2 Å². The molecule has 2 aromatic rings. The highest BCUT2D eigenvalue weighted by molar-refractivity contribution is 5.42. The van der Waals surface area contributed by atoms with Gasteiger partial charge in [-0.15, -0.1) is 0 Å². The summed E-state index contributed by atoms with van der Waals surface area (Å²) in [6.07, 6.45) is 14.2. The van der Waals surface area contributed by atoms with Crippen molar-refractivity contribution in [2.24, 2.45) is 23.5 Å². The van der Waals surface area contributed by atoms with Gasteiger partial charge < -0.3 is 41.2 Å². The highest BCUT2D eigenvalue weighted by Gasteiger charge is 2.26. The lowest BCUT2D eigenvalue weighted by Crippen LogP contribution is -2.26. The smallest absolute Gasteiger partial charge is 0.161 e. The molecule has 0 bridgehead atoms. The van der Waals surface area contributed by atoms with Crippen LogP contribution in [0.25, 0.3) is 0 Å². The highest BCUT2D eigenvalue weighted by Crippen LogP contribution is 2.33. The number of phenols is 1. The molecule has 2 heterocycles. The fourth-order valence-corrected chi connectivity index (χ4v) is 6.33. The fraction of sp³-hybridized carbons (Fsp3) is 0.576. The van der Waals surface area contributed by atoms with E-state index >= 15 is 0 Å². The monoisotopic (exact) mass is 567 g/mol. The third-order valence-electron chi connectivity index (χ3n) is 8.81. The van der Waals surface area contributed by atoms with E-state index in [2.05, 4.69) is 22.4 Å². The van der Waals surface area contributed by atoms with Gasteiger partial charge in [0, 0.05) is 25.0 Å². The third kappa shape index (κ3) is 9.83. The molecule has 5 atom stereocenters. The van der Waals surface area contributed by atoms with Crippen LogP contribution in [0.2, 0.25) is 0 Å². The number of aryl methyl sites for hydroxylation is 1. The maximum absolute atomic E-state index is 10.8. The number of hydrogen-bond donors (Lipinski definition) is 7. The zero-order valence-corrected chi connectivity index (χ0v) is 24.2. The Morgan fingerprint density at radius 2 is 1.95 bits per heavy atom. The number of rotatable bonds is 15. The summed E-state index contributed by atoms with van der Waals surface area (Å²) in [6, 6.07) is 9.44. The molecule has 0 spiro atoms. The minimum atomic E-state index is -0.591. The number of nitrogens with two attached hydrogens (primary N) is 1. The van der Waals surface area contributed by atoms with Crippen LogP contribution in [0, 0.1) is 17.8 Å². The lowest BCUT2D eigenvalue weighted by Gasteiger charge is -2.24. The van der Waals surface area contributed by atoms with Gasteiger partial charge in [-0.2, -0.15) is 0 Å². The number of aromatic hydroxyl groups is 1. The van der Waals surface area contributed by atoms with Gasteiger partial charge in [-0.05, 0) is 111 Å². The minimum Gasteiger partial charge on any atom is -0.504 e. The van der Waals surface area contributed by atoms with Crippen molar-refractivity contribution in [3.8, 4) is 11.5 Å². The Balaban J connectivity index is 1.26. The largest absolute Gasteiger partial charge is 0.504 e. The number of aromatic amines is 1. The number of nitrogens with one attached hydrogen (secondary N) is 2. The van der Waals surface area contributed by atoms with Crippen molar-refractivity contribution in [2.75, 3.05) is 19.8 Å². The molecule has 1 aromatic heterocycles. The molecule has 1 aliphatic heterocycles. The van der Waals surface area contributed by atoms with Crippen LogP contribution < -0.4 is 15.8 Å². The molecule has 1 fully saturated rings. The fourth-order valence-electron chi connectivity index (χ4n) is 6.33. The van der Waals surface area contributed by atoms with Gasteiger partial charge in [0.1, 0.15) is 0 Å². The Labute approximate surface area is 244 Å². The first-order chi connectivity index (χ1) is 19.9. The number of allylic oxidation sites excluding steroid dienone is 2. The molecule has 8 nitrogen and oxygen atoms in total. The normalized spacial score (nSPS) is 21.6. The summed E-state index contributed by atoms with van der Waals surface area (Å²) >= 11 is 0. The average Bonchev–Trinajstić information content (AvgIpc) is 3.36. The van der Waals surface area contributed by atoms with Crippen molar-refractivity contribution in [3.63, 3.8) is 0 Å². The lowest BCUT2D eigenvalue weighted by molar-refractivity contribution is 0.0351. The number of aliphatic hydroxyl groups excluding tert-OH is 3. The second-order valence-corrected chi connectivity index (χ2v) is 11.9. The van der Waals surface area contributed by atoms with Gasteiger partial charge in [0.05, 0.1) is 24.6 Å². The number of benzene rings is 1. The molecule has 41 heavy (non-hydrogen) atoms. The molecule has 1 aliphatic carbocycles. The van der Waals surface area contributed by atoms with Crippen LogP contribution in [-0.2, 0) is 12.8 Å². The Hall–Kier alpha value is -2.94. The Kier molecular flexibility index (Phi) is 12.0. The summed E-state index contributed by atoms with van der Waals surface area (Å²) in [7, 11) is 0. The summed E-state index contributed by atoms with van der Waals surface area (Å²) < 4.78 is 6.06. The molecule has 0 saturated heterocycles. The van der Waals surface area contributed by atoms with Crippen molar-refractivity contribution in [1.29, 1.82) is 0 Å². The number of aliphatic hydroxyl groups is 3. The topological polar surface area (TPSA) is 144 Å². The molecule has 0 radical (unpaired) electrons. The van der Waals surface area contributed by atoms with Crippen molar-refractivity contribution < 1.29 is 25.2 Å². The average molecular weight is 568 g/mol. The number of H-pyrrole nitrogens is 1. The van der Waals surface area contributed by atoms with Crippen molar-refractivity contribution in [1.82, 2.24) is 10.3 Å². The van der Waals surface area contributed by atoms with Crippen molar-refractivity contribution in [2.45, 2.75) is 82.8 Å². The molecule has 1 saturated carbocycles. The number of phenolic OH excluding ortho intramolecular Hbond substituents is 1. The second-order valence-electron chi connectivity index (χ2n) is 11.9. The first kappa shape index (κ1) is 31.0. The zero-order chi connectivity index (χ0) is 29.0. The minimum absolute atomic E-state index is 0.101. The van der Waals surface area contributed by atoms with E-state index in [1.807, 2.05) is 30.5 Å². The van der Waals surface area contributed by atoms with Gasteiger partial charge in [0.25, 0.3) is 0 Å². The quantitative estimate of drug-likeness (QED) is 0.159. The molecule has 8 N–H and O–H groups in total. The summed E-state index contributed by atoms with van der Waals surface area (Å²) in [5, 5.41) is 44.3. The molecule has 4 rings (SSSR count). The van der Waals surface area contributed by atoms with Crippen LogP contribution in [-0.4, -0.2) is 57.4 Å². The number of aromatic nitrogens is 1. The standard InChI is InChI=1S/C33H49N3O5/c34-33-21-26(12-16-36-33)27(20-28-5-2-15-35-28)14-18-41-32-19-24(8-11-30(32)39)7-10-29(38)22-31(40)25-4-1-3-23(6-9-25)13-17-37/h2,5,8,11-12,15,19,21,23,25,27,29,31,35-40H,1,3-4,6-7,9-10,13-14,16-18,20,22,34H2/t23-,25+,27-,29-,31-/m1/s1. The summed E-state index contributed by atoms with van der Waals surface area (Å²) in [4.78, 5) is 3.28. The maximum atomic E-state index is 10.8. The molecular formula is C33H49N3O5. The van der Waals surface area contributed by atoms with Crippen LogP contribution in [0.1, 0.15) is 69.0 Å². The summed E-state index contributed by atoms with van der Waals surface area (Å²) in [6.45, 7) is 1.38. The summed E-state index contributed by atoms with van der Waals surface area (Å²) in [5.74, 6) is 2.20. The van der Waals surface area contributed by atoms with E-state index in [-0.39, 0.29) is 24.2 Å². The highest BCUT2D eigenvalue weighted by atomic mass is 16.5. The maximum Gasteiger partial charge on any atom is 0.161 e. The second kappa shape index (κ2) is 15.9. The Bertz CT molecular complexity index is 1120. The number of ether oxygens (including phenoxy) is 1. The SMILES string of the molecule is NC1=CC([C@H](CCOc2cc(CC[C@@H](O)C[C@@H](O)[C@H]3CCC[C@@H](CCO)CC3)ccc2O)Cc2ccc[nH]2)=CCN1. The van der Waals surface area contributed by atoms with E-state index in [4.69, 9.17) is 10.5 Å². The Morgan fingerprint density at radius 1 is 1.07 bits per heavy atom. The van der Waals surface area contributed by atoms with Crippen LogP contribution in [0.3, 0.4) is 0 Å². The summed E-state index contributed by atoms with van der Waals surface area (Å²) in [5.41, 5.74) is 9.34. The van der Waals surface area contributed by atoms with E-state index in [0.29, 0.717) is 49.9 Å². The van der Waals surface area contributed by atoms with Crippen molar-refractivity contribution in [3.05, 3.63) is 71.3 Å². The molecular weight excluding hydrogens is 518 g/mol. The van der Waals surface area contributed by atoms with Crippen LogP contribution in [0.4, 0.5) is 0 Å².